The Bertz CT molecular complexity index is 927. The van der Waals surface area contributed by atoms with Crippen LogP contribution in [0.1, 0.15) is 18.7 Å². The number of aromatic amines is 1. The fourth-order valence-corrected chi connectivity index (χ4v) is 3.29. The summed E-state index contributed by atoms with van der Waals surface area (Å²) in [6.07, 6.45) is 6.69. The van der Waals surface area contributed by atoms with Crippen molar-refractivity contribution in [2.24, 2.45) is 11.7 Å². The number of aromatic nitrogens is 5. The lowest BCUT2D eigenvalue weighted by molar-refractivity contribution is -0.120. The molecule has 0 spiro atoms. The number of halogens is 2. The molecule has 0 saturated carbocycles. The Morgan fingerprint density at radius 2 is 1.90 bits per heavy atom. The van der Waals surface area contributed by atoms with E-state index in [-0.39, 0.29) is 36.6 Å². The predicted molar refractivity (Wildman–Crippen MR) is 120 cm³/mol. The second kappa shape index (κ2) is 10.9. The first-order chi connectivity index (χ1) is 13.7. The van der Waals surface area contributed by atoms with Gasteiger partial charge in [-0.1, -0.05) is 0 Å². The molecule has 1 aliphatic rings. The number of benzene rings is 1. The van der Waals surface area contributed by atoms with Crippen LogP contribution < -0.4 is 16.0 Å². The fourth-order valence-electron chi connectivity index (χ4n) is 3.29. The molecule has 30 heavy (non-hydrogen) atoms. The van der Waals surface area contributed by atoms with Gasteiger partial charge in [0, 0.05) is 42.7 Å². The third-order valence-corrected chi connectivity index (χ3v) is 4.87. The van der Waals surface area contributed by atoms with Gasteiger partial charge in [0.1, 0.15) is 11.6 Å². The van der Waals surface area contributed by atoms with Gasteiger partial charge in [0.15, 0.2) is 5.82 Å². The van der Waals surface area contributed by atoms with Crippen molar-refractivity contribution in [3.8, 4) is 11.4 Å². The number of nitrogens with two attached hydrogens (primary N) is 1. The van der Waals surface area contributed by atoms with Crippen molar-refractivity contribution >= 4 is 42.2 Å². The van der Waals surface area contributed by atoms with Gasteiger partial charge in [-0.15, -0.1) is 24.8 Å². The number of carbonyl (C=O) groups excluding carboxylic acids is 1. The first-order valence-electron chi connectivity index (χ1n) is 9.26. The molecule has 11 heteroatoms. The smallest absolute Gasteiger partial charge is 0.227 e. The average Bonchev–Trinajstić information content (AvgIpc) is 3.24. The second-order valence-electron chi connectivity index (χ2n) is 6.70. The third-order valence-electron chi connectivity index (χ3n) is 4.87. The van der Waals surface area contributed by atoms with E-state index in [4.69, 9.17) is 5.73 Å². The lowest BCUT2D eigenvalue weighted by Gasteiger charge is -2.31. The highest BCUT2D eigenvalue weighted by molar-refractivity contribution is 5.92. The van der Waals surface area contributed by atoms with Gasteiger partial charge in [0.2, 0.25) is 5.91 Å². The van der Waals surface area contributed by atoms with E-state index in [0.717, 1.165) is 43.0 Å². The van der Waals surface area contributed by atoms with Gasteiger partial charge in [-0.3, -0.25) is 14.9 Å². The number of anilines is 2. The number of nitrogens with one attached hydrogen (secondary N) is 2. The van der Waals surface area contributed by atoms with Gasteiger partial charge < -0.3 is 16.0 Å². The number of rotatable bonds is 5. The minimum atomic E-state index is -0.00674. The number of amides is 1. The number of H-pyrrole nitrogens is 1. The van der Waals surface area contributed by atoms with Crippen molar-refractivity contribution in [2.45, 2.75) is 19.4 Å². The number of nitrogens with zero attached hydrogens (tertiary/aromatic N) is 5. The zero-order valence-electron chi connectivity index (χ0n) is 16.2. The van der Waals surface area contributed by atoms with E-state index in [1.165, 1.54) is 0 Å². The Morgan fingerprint density at radius 1 is 1.17 bits per heavy atom. The summed E-state index contributed by atoms with van der Waals surface area (Å²) in [5.41, 5.74) is 7.17. The minimum absolute atomic E-state index is 0. The third kappa shape index (κ3) is 5.44. The van der Waals surface area contributed by atoms with Crippen LogP contribution in [0, 0.1) is 5.92 Å². The Hall–Kier alpha value is -2.75. The van der Waals surface area contributed by atoms with Gasteiger partial charge >= 0.3 is 0 Å². The van der Waals surface area contributed by atoms with Crippen LogP contribution in [0.2, 0.25) is 0 Å². The summed E-state index contributed by atoms with van der Waals surface area (Å²) in [7, 11) is 0. The first-order valence-corrected chi connectivity index (χ1v) is 9.26. The van der Waals surface area contributed by atoms with Crippen LogP contribution in [0.15, 0.2) is 42.9 Å². The Labute approximate surface area is 186 Å². The molecule has 3 heterocycles. The zero-order valence-corrected chi connectivity index (χ0v) is 17.8. The molecule has 1 fully saturated rings. The highest BCUT2D eigenvalue weighted by Gasteiger charge is 2.25. The van der Waals surface area contributed by atoms with Gasteiger partial charge in [0.25, 0.3) is 0 Å². The molecule has 3 aromatic rings. The van der Waals surface area contributed by atoms with Crippen molar-refractivity contribution in [3.05, 3.63) is 48.7 Å². The molecule has 0 bridgehead atoms. The van der Waals surface area contributed by atoms with E-state index in [1.54, 1.807) is 18.6 Å². The van der Waals surface area contributed by atoms with E-state index in [2.05, 4.69) is 35.4 Å². The Kier molecular flexibility index (Phi) is 8.52. The topological polar surface area (TPSA) is 126 Å². The summed E-state index contributed by atoms with van der Waals surface area (Å²) in [5.74, 6) is 2.14. The van der Waals surface area contributed by atoms with Crippen LogP contribution in [0.3, 0.4) is 0 Å². The van der Waals surface area contributed by atoms with Crippen LogP contribution in [0.4, 0.5) is 11.5 Å². The lowest BCUT2D eigenvalue weighted by Crippen LogP contribution is -2.38. The molecule has 2 aromatic heterocycles. The molecule has 0 aliphatic carbocycles. The fraction of sp³-hybridized carbons (Fsp3) is 0.316. The summed E-state index contributed by atoms with van der Waals surface area (Å²) in [6, 6.07) is 7.49. The standard InChI is InChI=1S/C19H22N8O.2ClH/c20-11-16-24-18(26-25-16)13-1-3-15(4-2-13)23-19(28)14-5-9-27(10-6-14)17-12-21-7-8-22-17;;/h1-4,7-8,12,14H,5-6,9-11,20H2,(H,23,28)(H,24,25,26);2*1H. The molecule has 0 atom stereocenters. The first kappa shape index (κ1) is 23.5. The molecular weight excluding hydrogens is 427 g/mol. The number of carbonyl (C=O) groups is 1. The van der Waals surface area contributed by atoms with Crippen molar-refractivity contribution in [2.75, 3.05) is 23.3 Å². The van der Waals surface area contributed by atoms with Crippen molar-refractivity contribution in [1.82, 2.24) is 25.1 Å². The predicted octanol–water partition coefficient (Wildman–Crippen LogP) is 2.42. The van der Waals surface area contributed by atoms with Crippen LogP contribution in [0.25, 0.3) is 11.4 Å². The van der Waals surface area contributed by atoms with Gasteiger partial charge in [0.05, 0.1) is 12.7 Å². The molecular formula is C19H24Cl2N8O. The molecule has 4 N–H and O–H groups in total. The van der Waals surface area contributed by atoms with E-state index in [1.807, 2.05) is 24.3 Å². The quantitative estimate of drug-likeness (QED) is 0.544. The minimum Gasteiger partial charge on any atom is -0.355 e. The lowest BCUT2D eigenvalue weighted by atomic mass is 9.96. The molecule has 9 nitrogen and oxygen atoms in total. The normalized spacial score (nSPS) is 13.8. The molecule has 1 aromatic carbocycles. The van der Waals surface area contributed by atoms with Crippen molar-refractivity contribution < 1.29 is 4.79 Å². The number of piperidine rings is 1. The molecule has 4 rings (SSSR count). The molecule has 1 amide bonds. The summed E-state index contributed by atoms with van der Waals surface area (Å²) < 4.78 is 0. The van der Waals surface area contributed by atoms with Gasteiger partial charge in [-0.2, -0.15) is 5.10 Å². The molecule has 1 saturated heterocycles. The van der Waals surface area contributed by atoms with Gasteiger partial charge in [-0.25, -0.2) is 9.97 Å². The Morgan fingerprint density at radius 3 is 2.50 bits per heavy atom. The van der Waals surface area contributed by atoms with Crippen molar-refractivity contribution in [1.29, 1.82) is 0 Å². The largest absolute Gasteiger partial charge is 0.355 e. The SMILES string of the molecule is Cl.Cl.NCc1nc(-c2ccc(NC(=O)C3CCN(c4cnccn4)CC3)cc2)n[nH]1. The zero-order chi connectivity index (χ0) is 19.3. The summed E-state index contributed by atoms with van der Waals surface area (Å²) in [6.45, 7) is 1.91. The van der Waals surface area contributed by atoms with Crippen LogP contribution in [0.5, 0.6) is 0 Å². The number of hydrogen-bond acceptors (Lipinski definition) is 7. The second-order valence-corrected chi connectivity index (χ2v) is 6.70. The summed E-state index contributed by atoms with van der Waals surface area (Å²) in [4.78, 5) is 27.5. The molecule has 1 aliphatic heterocycles. The average molecular weight is 451 g/mol. The van der Waals surface area contributed by atoms with E-state index in [0.29, 0.717) is 18.2 Å². The summed E-state index contributed by atoms with van der Waals surface area (Å²) in [5, 5.41) is 9.93. The maximum absolute atomic E-state index is 12.6. The highest BCUT2D eigenvalue weighted by Crippen LogP contribution is 2.23. The maximum atomic E-state index is 12.6. The van der Waals surface area contributed by atoms with Crippen LogP contribution >= 0.6 is 24.8 Å². The van der Waals surface area contributed by atoms with E-state index in [9.17, 15) is 4.79 Å². The van der Waals surface area contributed by atoms with Gasteiger partial charge in [-0.05, 0) is 37.1 Å². The highest BCUT2D eigenvalue weighted by atomic mass is 35.5. The van der Waals surface area contributed by atoms with E-state index >= 15 is 0 Å². The monoisotopic (exact) mass is 450 g/mol. The number of hydrogen-bond donors (Lipinski definition) is 3. The van der Waals surface area contributed by atoms with Crippen molar-refractivity contribution in [3.63, 3.8) is 0 Å². The van der Waals surface area contributed by atoms with Crippen LogP contribution in [-0.4, -0.2) is 44.1 Å². The Balaban J connectivity index is 0.00000160. The molecule has 0 radical (unpaired) electrons. The van der Waals surface area contributed by atoms with Crippen LogP contribution in [-0.2, 0) is 11.3 Å². The van der Waals surface area contributed by atoms with E-state index < -0.39 is 0 Å². The maximum Gasteiger partial charge on any atom is 0.227 e. The molecule has 0 unspecified atom stereocenters. The summed E-state index contributed by atoms with van der Waals surface area (Å²) >= 11 is 0. The molecule has 160 valence electrons.